The fourth-order valence-electron chi connectivity index (χ4n) is 5.75. The van der Waals surface area contributed by atoms with Crippen LogP contribution >= 0.6 is 11.3 Å². The Hall–Kier alpha value is -0.910. The van der Waals surface area contributed by atoms with Gasteiger partial charge >= 0.3 is 0 Å². The lowest BCUT2D eigenvalue weighted by atomic mass is 10.0. The van der Waals surface area contributed by atoms with Crippen molar-refractivity contribution in [3.8, 4) is 0 Å². The number of nitrogens with zero attached hydrogens (tertiary/aromatic N) is 2. The van der Waals surface area contributed by atoms with Crippen LogP contribution in [0.2, 0.25) is 0 Å². The van der Waals surface area contributed by atoms with Gasteiger partial charge in [0.2, 0.25) is 5.91 Å². The molecule has 26 heavy (non-hydrogen) atoms. The number of amides is 1. The average molecular weight is 375 g/mol. The number of likely N-dealkylation sites (tertiary alicyclic amines) is 1. The quantitative estimate of drug-likeness (QED) is 0.800. The Morgan fingerprint density at radius 2 is 2.12 bits per heavy atom. The van der Waals surface area contributed by atoms with Crippen molar-refractivity contribution in [3.63, 3.8) is 0 Å². The van der Waals surface area contributed by atoms with Crippen LogP contribution < -0.4 is 0 Å². The molecule has 1 aliphatic carbocycles. The third-order valence-corrected chi connectivity index (χ3v) is 8.40. The maximum absolute atomic E-state index is 12.8. The molecule has 0 aromatic carbocycles. The number of hydrogen-bond donors (Lipinski definition) is 0. The van der Waals surface area contributed by atoms with E-state index in [9.17, 15) is 4.79 Å². The number of hydrogen-bond acceptors (Lipinski definition) is 4. The third-order valence-electron chi connectivity index (χ3n) is 7.17. The number of carbonyl (C=O) groups excluding carboxylic acids is 1. The molecule has 0 unspecified atom stereocenters. The second-order valence-corrected chi connectivity index (χ2v) is 10.2. The van der Waals surface area contributed by atoms with E-state index in [1.54, 1.807) is 4.88 Å². The summed E-state index contributed by atoms with van der Waals surface area (Å²) in [7, 11) is 0. The molecule has 5 rings (SSSR count). The molecule has 4 heterocycles. The van der Waals surface area contributed by atoms with Crippen molar-refractivity contribution in [2.75, 3.05) is 13.2 Å². The van der Waals surface area contributed by atoms with E-state index in [2.05, 4.69) is 35.8 Å². The van der Waals surface area contributed by atoms with Crippen LogP contribution in [0.15, 0.2) is 12.1 Å². The first kappa shape index (κ1) is 17.2. The van der Waals surface area contributed by atoms with E-state index in [4.69, 9.17) is 4.74 Å². The maximum atomic E-state index is 12.8. The highest BCUT2D eigenvalue weighted by Gasteiger charge is 2.64. The molecule has 3 saturated heterocycles. The van der Waals surface area contributed by atoms with Gasteiger partial charge in [0.15, 0.2) is 5.72 Å². The minimum atomic E-state index is -0.336. The van der Waals surface area contributed by atoms with Crippen molar-refractivity contribution < 1.29 is 9.53 Å². The zero-order valence-electron chi connectivity index (χ0n) is 15.9. The molecular weight excluding hydrogens is 344 g/mol. The van der Waals surface area contributed by atoms with Crippen molar-refractivity contribution in [2.45, 2.75) is 82.6 Å². The summed E-state index contributed by atoms with van der Waals surface area (Å²) in [5, 5.41) is 0. The Balaban J connectivity index is 1.33. The topological polar surface area (TPSA) is 32.8 Å². The lowest BCUT2D eigenvalue weighted by Crippen LogP contribution is -2.50. The van der Waals surface area contributed by atoms with Gasteiger partial charge in [-0.2, -0.15) is 0 Å². The molecule has 1 amide bonds. The molecule has 4 nitrogen and oxygen atoms in total. The smallest absolute Gasteiger partial charge is 0.226 e. The summed E-state index contributed by atoms with van der Waals surface area (Å²) in [6, 6.07) is 5.16. The van der Waals surface area contributed by atoms with E-state index in [1.807, 2.05) is 11.3 Å². The number of thiophene rings is 1. The fourth-order valence-corrected chi connectivity index (χ4v) is 6.96. The predicted octanol–water partition coefficient (Wildman–Crippen LogP) is 3.96. The molecule has 3 aliphatic heterocycles. The molecule has 142 valence electrons. The molecule has 0 N–H and O–H groups in total. The SMILES string of the molecule is CC(C)[C@@H]1CO[C@@]23CCN(Cc4ccc(C5CCCC5)s4)[C@@H]2CC(=O)N13. The lowest BCUT2D eigenvalue weighted by molar-refractivity contribution is -0.139. The molecule has 1 spiro atoms. The van der Waals surface area contributed by atoms with Gasteiger partial charge in [-0.15, -0.1) is 11.3 Å². The normalized spacial score (nSPS) is 35.0. The fraction of sp³-hybridized carbons (Fsp3) is 0.762. The van der Waals surface area contributed by atoms with Gasteiger partial charge in [0.05, 0.1) is 18.7 Å². The maximum Gasteiger partial charge on any atom is 0.226 e. The van der Waals surface area contributed by atoms with Crippen LogP contribution in [-0.4, -0.2) is 46.7 Å². The van der Waals surface area contributed by atoms with Gasteiger partial charge in [0.1, 0.15) is 0 Å². The van der Waals surface area contributed by atoms with E-state index >= 15 is 0 Å². The minimum Gasteiger partial charge on any atom is -0.352 e. The zero-order valence-corrected chi connectivity index (χ0v) is 16.8. The highest BCUT2D eigenvalue weighted by molar-refractivity contribution is 7.12. The second-order valence-electron chi connectivity index (χ2n) is 8.96. The summed E-state index contributed by atoms with van der Waals surface area (Å²) in [6.07, 6.45) is 7.10. The van der Waals surface area contributed by atoms with Gasteiger partial charge in [-0.3, -0.25) is 9.69 Å². The largest absolute Gasteiger partial charge is 0.352 e. The summed E-state index contributed by atoms with van der Waals surface area (Å²) in [4.78, 5) is 20.4. The molecule has 1 saturated carbocycles. The second kappa shape index (κ2) is 6.32. The monoisotopic (exact) mass is 374 g/mol. The lowest BCUT2D eigenvalue weighted by Gasteiger charge is -2.34. The van der Waals surface area contributed by atoms with Crippen LogP contribution in [0.5, 0.6) is 0 Å². The van der Waals surface area contributed by atoms with Crippen LogP contribution in [0.3, 0.4) is 0 Å². The van der Waals surface area contributed by atoms with Gasteiger partial charge < -0.3 is 9.64 Å². The van der Waals surface area contributed by atoms with Crippen molar-refractivity contribution in [1.29, 1.82) is 0 Å². The summed E-state index contributed by atoms with van der Waals surface area (Å²) in [5.74, 6) is 1.55. The Kier molecular flexibility index (Phi) is 4.18. The minimum absolute atomic E-state index is 0.232. The molecule has 4 aliphatic rings. The first-order chi connectivity index (χ1) is 12.6. The van der Waals surface area contributed by atoms with Crippen LogP contribution in [-0.2, 0) is 16.1 Å². The Bertz CT molecular complexity index is 696. The molecular formula is C21H30N2O2S. The van der Waals surface area contributed by atoms with Gasteiger partial charge in [-0.25, -0.2) is 0 Å². The van der Waals surface area contributed by atoms with Gasteiger partial charge in [0, 0.05) is 35.7 Å². The van der Waals surface area contributed by atoms with Crippen molar-refractivity contribution in [1.82, 2.24) is 9.80 Å². The summed E-state index contributed by atoms with van der Waals surface area (Å²) >= 11 is 2.00. The molecule has 1 aromatic heterocycles. The van der Waals surface area contributed by atoms with Gasteiger partial charge in [0.25, 0.3) is 0 Å². The van der Waals surface area contributed by atoms with Crippen LogP contribution in [0.1, 0.15) is 68.0 Å². The Morgan fingerprint density at radius 1 is 1.31 bits per heavy atom. The van der Waals surface area contributed by atoms with Crippen molar-refractivity contribution in [2.24, 2.45) is 5.92 Å². The molecule has 1 aromatic rings. The Morgan fingerprint density at radius 3 is 2.88 bits per heavy atom. The number of ether oxygens (including phenoxy) is 1. The first-order valence-corrected chi connectivity index (χ1v) is 11.2. The van der Waals surface area contributed by atoms with Crippen molar-refractivity contribution in [3.05, 3.63) is 21.9 Å². The highest BCUT2D eigenvalue weighted by atomic mass is 32.1. The van der Waals surface area contributed by atoms with E-state index in [-0.39, 0.29) is 17.8 Å². The predicted molar refractivity (Wildman–Crippen MR) is 103 cm³/mol. The standard InChI is InChI=1S/C21H30N2O2S/c1-14(2)17-13-25-21-9-10-22(19(21)11-20(24)23(17)21)12-16-7-8-18(26-16)15-5-3-4-6-15/h7-8,14-15,17,19H,3-6,9-13H2,1-2H3/t17-,19+,21-/m0/s1. The summed E-state index contributed by atoms with van der Waals surface area (Å²) < 4.78 is 6.35. The van der Waals surface area contributed by atoms with Crippen LogP contribution in [0.25, 0.3) is 0 Å². The zero-order chi connectivity index (χ0) is 17.9. The third kappa shape index (κ3) is 2.50. The van der Waals surface area contributed by atoms with Crippen molar-refractivity contribution >= 4 is 17.2 Å². The molecule has 3 atom stereocenters. The molecule has 4 fully saturated rings. The van der Waals surface area contributed by atoms with E-state index in [1.165, 1.54) is 30.6 Å². The average Bonchev–Trinajstić information content (AvgIpc) is 3.38. The van der Waals surface area contributed by atoms with Gasteiger partial charge in [-0.05, 0) is 36.8 Å². The number of rotatable bonds is 4. The Labute approximate surface area is 160 Å². The molecule has 5 heteroatoms. The molecule has 0 bridgehead atoms. The van der Waals surface area contributed by atoms with Crippen LogP contribution in [0.4, 0.5) is 0 Å². The molecule has 0 radical (unpaired) electrons. The van der Waals surface area contributed by atoms with E-state index in [0.29, 0.717) is 24.9 Å². The van der Waals surface area contributed by atoms with Crippen LogP contribution in [0, 0.1) is 5.92 Å². The highest BCUT2D eigenvalue weighted by Crippen LogP contribution is 2.49. The summed E-state index contributed by atoms with van der Waals surface area (Å²) in [6.45, 7) is 7.13. The van der Waals surface area contributed by atoms with E-state index in [0.717, 1.165) is 25.4 Å². The summed E-state index contributed by atoms with van der Waals surface area (Å²) in [5.41, 5.74) is -0.336. The van der Waals surface area contributed by atoms with E-state index < -0.39 is 0 Å². The first-order valence-electron chi connectivity index (χ1n) is 10.4. The number of carbonyl (C=O) groups is 1. The van der Waals surface area contributed by atoms with Gasteiger partial charge in [-0.1, -0.05) is 26.7 Å².